The van der Waals surface area contributed by atoms with E-state index in [1.54, 1.807) is 0 Å². The van der Waals surface area contributed by atoms with Crippen molar-refractivity contribution in [3.8, 4) is 0 Å². The molecule has 1 N–H and O–H groups in total. The minimum absolute atomic E-state index is 0.260. The number of ether oxygens (including phenoxy) is 3. The predicted octanol–water partition coefficient (Wildman–Crippen LogP) is 1.34. The average Bonchev–Trinajstić information content (AvgIpc) is 2.22. The van der Waals surface area contributed by atoms with Crippen molar-refractivity contribution in [1.82, 2.24) is 0 Å². The number of hydrogen-bond acceptors (Lipinski definition) is 5. The quantitative estimate of drug-likeness (QED) is 0.567. The molecule has 0 spiro atoms. The molecule has 0 rings (SSSR count). The number of carbonyl (C=O) groups is 1. The van der Waals surface area contributed by atoms with Crippen molar-refractivity contribution >= 4 is 5.97 Å². The summed E-state index contributed by atoms with van der Waals surface area (Å²) in [6.45, 7) is 6.93. The molecule has 5 nitrogen and oxygen atoms in total. The van der Waals surface area contributed by atoms with Crippen molar-refractivity contribution in [1.29, 1.82) is 0 Å². The van der Waals surface area contributed by atoms with Gasteiger partial charge in [0.1, 0.15) is 6.10 Å². The highest BCUT2D eigenvalue weighted by Crippen LogP contribution is 2.38. The van der Waals surface area contributed by atoms with E-state index in [1.165, 1.54) is 21.1 Å². The molecule has 0 aromatic rings. The van der Waals surface area contributed by atoms with Crippen molar-refractivity contribution in [2.45, 2.75) is 46.0 Å². The molecular weight excluding hydrogens is 224 g/mol. The Morgan fingerprint density at radius 1 is 1.24 bits per heavy atom. The maximum Gasteiger partial charge on any atom is 0.302 e. The highest BCUT2D eigenvalue weighted by molar-refractivity contribution is 5.66. The Morgan fingerprint density at radius 3 is 1.94 bits per heavy atom. The standard InChI is InChI=1S/C12H24O5/c1-9(14)17-10(8-13)7-12(15-5,16-6)11(2,3)4/h10,13H,7-8H2,1-6H3. The summed E-state index contributed by atoms with van der Waals surface area (Å²) < 4.78 is 15.9. The largest absolute Gasteiger partial charge is 0.460 e. The molecule has 0 aromatic heterocycles. The van der Waals surface area contributed by atoms with Crippen LogP contribution >= 0.6 is 0 Å². The third kappa shape index (κ3) is 4.26. The molecule has 0 amide bonds. The van der Waals surface area contributed by atoms with Crippen LogP contribution in [0, 0.1) is 5.41 Å². The zero-order chi connectivity index (χ0) is 13.7. The summed E-state index contributed by atoms with van der Waals surface area (Å²) >= 11 is 0. The second-order valence-corrected chi connectivity index (χ2v) is 5.03. The van der Waals surface area contributed by atoms with E-state index >= 15 is 0 Å². The summed E-state index contributed by atoms with van der Waals surface area (Å²) in [4.78, 5) is 10.9. The lowest BCUT2D eigenvalue weighted by Gasteiger charge is -2.43. The first kappa shape index (κ1) is 16.4. The van der Waals surface area contributed by atoms with Crippen molar-refractivity contribution in [3.05, 3.63) is 0 Å². The summed E-state index contributed by atoms with van der Waals surface area (Å²) in [7, 11) is 3.08. The normalized spacial score (nSPS) is 14.5. The summed E-state index contributed by atoms with van der Waals surface area (Å²) in [5, 5.41) is 9.21. The molecule has 0 fully saturated rings. The first-order chi connectivity index (χ1) is 7.72. The Hall–Kier alpha value is -0.650. The second-order valence-electron chi connectivity index (χ2n) is 5.03. The number of rotatable bonds is 6. The van der Waals surface area contributed by atoms with Gasteiger partial charge in [0, 0.05) is 33.0 Å². The van der Waals surface area contributed by atoms with Crippen molar-refractivity contribution in [3.63, 3.8) is 0 Å². The lowest BCUT2D eigenvalue weighted by Crippen LogP contribution is -2.50. The van der Waals surface area contributed by atoms with Crippen LogP contribution in [0.4, 0.5) is 0 Å². The minimum Gasteiger partial charge on any atom is -0.460 e. The number of aliphatic hydroxyl groups excluding tert-OH is 1. The van der Waals surface area contributed by atoms with Gasteiger partial charge in [-0.2, -0.15) is 0 Å². The molecule has 0 saturated heterocycles. The molecular formula is C12H24O5. The topological polar surface area (TPSA) is 65.0 Å². The van der Waals surface area contributed by atoms with Crippen LogP contribution in [0.5, 0.6) is 0 Å². The van der Waals surface area contributed by atoms with Crippen LogP contribution in [0.15, 0.2) is 0 Å². The number of hydrogen-bond donors (Lipinski definition) is 1. The Bertz CT molecular complexity index is 240. The fraction of sp³-hybridized carbons (Fsp3) is 0.917. The van der Waals surface area contributed by atoms with Gasteiger partial charge in [-0.15, -0.1) is 0 Å². The Balaban J connectivity index is 4.90. The number of aliphatic hydroxyl groups is 1. The predicted molar refractivity (Wildman–Crippen MR) is 63.5 cm³/mol. The Kier molecular flexibility index (Phi) is 6.09. The smallest absolute Gasteiger partial charge is 0.302 e. The van der Waals surface area contributed by atoms with Crippen LogP contribution in [0.1, 0.15) is 34.1 Å². The molecule has 17 heavy (non-hydrogen) atoms. The van der Waals surface area contributed by atoms with Crippen LogP contribution in [0.3, 0.4) is 0 Å². The summed E-state index contributed by atoms with van der Waals surface area (Å²) in [6.07, 6.45) is -0.355. The van der Waals surface area contributed by atoms with Crippen molar-refractivity contribution in [2.75, 3.05) is 20.8 Å². The highest BCUT2D eigenvalue weighted by Gasteiger charge is 2.45. The number of methoxy groups -OCH3 is 2. The van der Waals surface area contributed by atoms with Crippen LogP contribution in [-0.2, 0) is 19.0 Å². The van der Waals surface area contributed by atoms with E-state index in [2.05, 4.69) is 0 Å². The molecule has 1 unspecified atom stereocenters. The third-order valence-electron chi connectivity index (χ3n) is 2.83. The molecule has 0 bridgehead atoms. The van der Waals surface area contributed by atoms with Gasteiger partial charge in [-0.25, -0.2) is 0 Å². The van der Waals surface area contributed by atoms with Gasteiger partial charge in [-0.3, -0.25) is 4.79 Å². The van der Waals surface area contributed by atoms with Crippen LogP contribution in [-0.4, -0.2) is 43.8 Å². The fourth-order valence-electron chi connectivity index (χ4n) is 1.85. The first-order valence-corrected chi connectivity index (χ1v) is 5.60. The lowest BCUT2D eigenvalue weighted by atomic mass is 9.81. The molecule has 0 radical (unpaired) electrons. The number of carbonyl (C=O) groups excluding carboxylic acids is 1. The molecule has 1 atom stereocenters. The summed E-state index contributed by atoms with van der Waals surface area (Å²) in [5.74, 6) is -1.34. The monoisotopic (exact) mass is 248 g/mol. The van der Waals surface area contributed by atoms with Crippen molar-refractivity contribution in [2.24, 2.45) is 5.41 Å². The van der Waals surface area contributed by atoms with E-state index in [0.29, 0.717) is 0 Å². The van der Waals surface area contributed by atoms with Gasteiger partial charge in [-0.1, -0.05) is 20.8 Å². The zero-order valence-electron chi connectivity index (χ0n) is 11.6. The molecule has 0 aliphatic carbocycles. The highest BCUT2D eigenvalue weighted by atomic mass is 16.7. The van der Waals surface area contributed by atoms with Gasteiger partial charge in [-0.05, 0) is 0 Å². The van der Waals surface area contributed by atoms with Gasteiger partial charge in [0.15, 0.2) is 5.79 Å². The maximum absolute atomic E-state index is 10.9. The van der Waals surface area contributed by atoms with E-state index in [0.717, 1.165) is 0 Å². The molecule has 0 aliphatic rings. The van der Waals surface area contributed by atoms with E-state index in [-0.39, 0.29) is 18.4 Å². The third-order valence-corrected chi connectivity index (χ3v) is 2.83. The van der Waals surface area contributed by atoms with Gasteiger partial charge in [0.05, 0.1) is 6.61 Å². The van der Waals surface area contributed by atoms with E-state index < -0.39 is 17.9 Å². The average molecular weight is 248 g/mol. The molecule has 102 valence electrons. The van der Waals surface area contributed by atoms with Gasteiger partial charge < -0.3 is 19.3 Å². The molecule has 0 saturated carbocycles. The van der Waals surface area contributed by atoms with Crippen LogP contribution in [0.2, 0.25) is 0 Å². The minimum atomic E-state index is -0.907. The summed E-state index contributed by atoms with van der Waals surface area (Å²) in [6, 6.07) is 0. The van der Waals surface area contributed by atoms with Gasteiger partial charge >= 0.3 is 5.97 Å². The zero-order valence-corrected chi connectivity index (χ0v) is 11.6. The molecule has 0 aromatic carbocycles. The molecule has 0 heterocycles. The Labute approximate surface area is 103 Å². The van der Waals surface area contributed by atoms with E-state index in [1.807, 2.05) is 20.8 Å². The van der Waals surface area contributed by atoms with Crippen molar-refractivity contribution < 1.29 is 24.1 Å². The molecule has 5 heteroatoms. The Morgan fingerprint density at radius 2 is 1.71 bits per heavy atom. The van der Waals surface area contributed by atoms with Crippen LogP contribution < -0.4 is 0 Å². The first-order valence-electron chi connectivity index (χ1n) is 5.60. The van der Waals surface area contributed by atoms with Gasteiger partial charge in [0.2, 0.25) is 0 Å². The summed E-state index contributed by atoms with van der Waals surface area (Å²) in [5.41, 5.74) is -0.315. The maximum atomic E-state index is 10.9. The van der Waals surface area contributed by atoms with E-state index in [9.17, 15) is 9.90 Å². The number of esters is 1. The lowest BCUT2D eigenvalue weighted by molar-refractivity contribution is -0.278. The SMILES string of the molecule is COC(CC(CO)OC(C)=O)(OC)C(C)(C)C. The fourth-order valence-corrected chi connectivity index (χ4v) is 1.85. The van der Waals surface area contributed by atoms with E-state index in [4.69, 9.17) is 14.2 Å². The second kappa shape index (κ2) is 6.33. The van der Waals surface area contributed by atoms with Crippen LogP contribution in [0.25, 0.3) is 0 Å². The van der Waals surface area contributed by atoms with Gasteiger partial charge in [0.25, 0.3) is 0 Å². The molecule has 0 aliphatic heterocycles.